The zero-order chi connectivity index (χ0) is 13.1. The third-order valence-electron chi connectivity index (χ3n) is 3.31. The van der Waals surface area contributed by atoms with Gasteiger partial charge in [0, 0.05) is 25.3 Å². The summed E-state index contributed by atoms with van der Waals surface area (Å²) in [6.45, 7) is 1.47. The Hall–Kier alpha value is -1.26. The van der Waals surface area contributed by atoms with Gasteiger partial charge in [0.15, 0.2) is 0 Å². The van der Waals surface area contributed by atoms with Gasteiger partial charge in [0.1, 0.15) is 0 Å². The second-order valence-corrected chi connectivity index (χ2v) is 5.09. The maximum Gasteiger partial charge on any atom is 0.253 e. The van der Waals surface area contributed by atoms with Crippen LogP contribution >= 0.6 is 11.6 Å². The van der Waals surface area contributed by atoms with Crippen LogP contribution in [-0.2, 0) is 0 Å². The van der Waals surface area contributed by atoms with Gasteiger partial charge in [-0.2, -0.15) is 0 Å². The topological polar surface area (TPSA) is 66.6 Å². The lowest BCUT2D eigenvalue weighted by atomic mass is 9.98. The lowest BCUT2D eigenvalue weighted by Crippen LogP contribution is -2.40. The highest BCUT2D eigenvalue weighted by atomic mass is 35.5. The Morgan fingerprint density at radius 1 is 1.56 bits per heavy atom. The van der Waals surface area contributed by atoms with Gasteiger partial charge < -0.3 is 15.7 Å². The molecule has 1 unspecified atom stereocenters. The number of rotatable bonds is 2. The van der Waals surface area contributed by atoms with Gasteiger partial charge in [-0.25, -0.2) is 0 Å². The van der Waals surface area contributed by atoms with Crippen molar-refractivity contribution in [3.63, 3.8) is 0 Å². The van der Waals surface area contributed by atoms with Gasteiger partial charge in [-0.15, -0.1) is 0 Å². The molecule has 0 aromatic heterocycles. The van der Waals surface area contributed by atoms with Gasteiger partial charge in [-0.05, 0) is 37.0 Å². The molecule has 5 heteroatoms. The van der Waals surface area contributed by atoms with Crippen molar-refractivity contribution in [2.75, 3.05) is 25.4 Å². The van der Waals surface area contributed by atoms with Crippen molar-refractivity contribution in [1.82, 2.24) is 4.90 Å². The monoisotopic (exact) mass is 268 g/mol. The number of nitrogen functional groups attached to an aromatic ring is 1. The van der Waals surface area contributed by atoms with Crippen LogP contribution in [0.3, 0.4) is 0 Å². The second-order valence-electron chi connectivity index (χ2n) is 4.68. The number of nitrogens with zero attached hydrogens (tertiary/aromatic N) is 1. The van der Waals surface area contributed by atoms with E-state index in [0.717, 1.165) is 19.4 Å². The zero-order valence-corrected chi connectivity index (χ0v) is 10.9. The van der Waals surface area contributed by atoms with Crippen molar-refractivity contribution in [3.05, 3.63) is 28.8 Å². The number of hydrogen-bond donors (Lipinski definition) is 2. The quantitative estimate of drug-likeness (QED) is 0.804. The molecule has 1 amide bonds. The van der Waals surface area contributed by atoms with Crippen LogP contribution < -0.4 is 5.73 Å². The molecular weight excluding hydrogens is 252 g/mol. The van der Waals surface area contributed by atoms with Crippen LogP contribution in [0.5, 0.6) is 0 Å². The molecule has 1 aliphatic heterocycles. The number of carbonyl (C=O) groups excluding carboxylic acids is 1. The fourth-order valence-electron chi connectivity index (χ4n) is 2.24. The number of amides is 1. The number of carbonyl (C=O) groups is 1. The molecule has 4 nitrogen and oxygen atoms in total. The minimum atomic E-state index is -0.0462. The number of likely N-dealkylation sites (tertiary alicyclic amines) is 1. The fraction of sp³-hybridized carbons (Fsp3) is 0.462. The van der Waals surface area contributed by atoms with Crippen LogP contribution in [0.25, 0.3) is 0 Å². The number of piperidine rings is 1. The molecule has 2 rings (SSSR count). The molecule has 0 radical (unpaired) electrons. The first-order valence-corrected chi connectivity index (χ1v) is 6.44. The number of anilines is 1. The average Bonchev–Trinajstić information content (AvgIpc) is 2.41. The van der Waals surface area contributed by atoms with Crippen molar-refractivity contribution < 1.29 is 9.90 Å². The molecule has 0 aliphatic carbocycles. The number of aliphatic hydroxyl groups excluding tert-OH is 1. The van der Waals surface area contributed by atoms with Crippen LogP contribution in [0.15, 0.2) is 18.2 Å². The third-order valence-corrected chi connectivity index (χ3v) is 3.64. The normalized spacial score (nSPS) is 19.9. The Kier molecular flexibility index (Phi) is 4.09. The summed E-state index contributed by atoms with van der Waals surface area (Å²) in [5.41, 5.74) is 6.64. The molecule has 3 N–H and O–H groups in total. The smallest absolute Gasteiger partial charge is 0.253 e. The number of benzene rings is 1. The van der Waals surface area contributed by atoms with E-state index in [1.807, 2.05) is 0 Å². The number of nitrogens with two attached hydrogens (primary N) is 1. The van der Waals surface area contributed by atoms with E-state index in [2.05, 4.69) is 0 Å². The molecule has 1 atom stereocenters. The van der Waals surface area contributed by atoms with Gasteiger partial charge in [-0.3, -0.25) is 4.79 Å². The van der Waals surface area contributed by atoms with Crippen LogP contribution in [0.2, 0.25) is 5.02 Å². The van der Waals surface area contributed by atoms with Crippen LogP contribution in [0.1, 0.15) is 23.2 Å². The molecule has 0 bridgehead atoms. The Balaban J connectivity index is 2.12. The highest BCUT2D eigenvalue weighted by Gasteiger charge is 2.24. The van der Waals surface area contributed by atoms with Gasteiger partial charge in [0.25, 0.3) is 5.91 Å². The molecule has 18 heavy (non-hydrogen) atoms. The van der Waals surface area contributed by atoms with E-state index in [-0.39, 0.29) is 18.4 Å². The third kappa shape index (κ3) is 2.76. The first kappa shape index (κ1) is 13.2. The SMILES string of the molecule is Nc1ccc(C(=O)N2CCCC(CO)C2)cc1Cl. The summed E-state index contributed by atoms with van der Waals surface area (Å²) >= 11 is 5.92. The van der Waals surface area contributed by atoms with Crippen molar-refractivity contribution >= 4 is 23.2 Å². The van der Waals surface area contributed by atoms with Crippen LogP contribution in [0.4, 0.5) is 5.69 Å². The number of halogens is 1. The second kappa shape index (κ2) is 5.59. The summed E-state index contributed by atoms with van der Waals surface area (Å²) in [5.74, 6) is 0.141. The van der Waals surface area contributed by atoms with E-state index >= 15 is 0 Å². The standard InChI is InChI=1S/C13H17ClN2O2/c14-11-6-10(3-4-12(11)15)13(18)16-5-1-2-9(7-16)8-17/h3-4,6,9,17H,1-2,5,7-8,15H2. The Morgan fingerprint density at radius 2 is 2.33 bits per heavy atom. The molecule has 1 heterocycles. The van der Waals surface area contributed by atoms with Gasteiger partial charge >= 0.3 is 0 Å². The minimum Gasteiger partial charge on any atom is -0.398 e. The maximum absolute atomic E-state index is 12.3. The average molecular weight is 269 g/mol. The van der Waals surface area contributed by atoms with Gasteiger partial charge in [0.05, 0.1) is 10.7 Å². The van der Waals surface area contributed by atoms with Crippen molar-refractivity contribution in [3.8, 4) is 0 Å². The molecule has 1 saturated heterocycles. The van der Waals surface area contributed by atoms with E-state index in [1.165, 1.54) is 0 Å². The summed E-state index contributed by atoms with van der Waals surface area (Å²) < 4.78 is 0. The van der Waals surface area contributed by atoms with Gasteiger partial charge in [-0.1, -0.05) is 11.6 Å². The lowest BCUT2D eigenvalue weighted by Gasteiger charge is -2.32. The Bertz CT molecular complexity index is 451. The summed E-state index contributed by atoms with van der Waals surface area (Å²) in [4.78, 5) is 14.0. The molecule has 1 fully saturated rings. The maximum atomic E-state index is 12.3. The van der Waals surface area contributed by atoms with Crippen molar-refractivity contribution in [1.29, 1.82) is 0 Å². The molecule has 1 aromatic rings. The van der Waals surface area contributed by atoms with Crippen molar-refractivity contribution in [2.24, 2.45) is 5.92 Å². The summed E-state index contributed by atoms with van der Waals surface area (Å²) in [6, 6.07) is 4.93. The largest absolute Gasteiger partial charge is 0.398 e. The van der Waals surface area contributed by atoms with E-state index in [4.69, 9.17) is 22.4 Å². The molecular formula is C13H17ClN2O2. The first-order valence-electron chi connectivity index (χ1n) is 6.07. The van der Waals surface area contributed by atoms with E-state index in [9.17, 15) is 4.79 Å². The Morgan fingerprint density at radius 3 is 3.00 bits per heavy atom. The summed E-state index contributed by atoms with van der Waals surface area (Å²) in [6.07, 6.45) is 1.91. The summed E-state index contributed by atoms with van der Waals surface area (Å²) in [5, 5.41) is 9.57. The first-order chi connectivity index (χ1) is 8.61. The van der Waals surface area contributed by atoms with Crippen LogP contribution in [-0.4, -0.2) is 35.6 Å². The van der Waals surface area contributed by atoms with E-state index in [0.29, 0.717) is 22.8 Å². The van der Waals surface area contributed by atoms with Crippen LogP contribution in [0, 0.1) is 5.92 Å². The van der Waals surface area contributed by atoms with Gasteiger partial charge in [0.2, 0.25) is 0 Å². The Labute approximate surface area is 111 Å². The minimum absolute atomic E-state index is 0.0462. The zero-order valence-electron chi connectivity index (χ0n) is 10.1. The number of aliphatic hydroxyl groups is 1. The predicted molar refractivity (Wildman–Crippen MR) is 71.6 cm³/mol. The molecule has 0 spiro atoms. The summed E-state index contributed by atoms with van der Waals surface area (Å²) in [7, 11) is 0. The number of hydrogen-bond acceptors (Lipinski definition) is 3. The highest BCUT2D eigenvalue weighted by molar-refractivity contribution is 6.33. The molecule has 1 aromatic carbocycles. The van der Waals surface area contributed by atoms with E-state index < -0.39 is 0 Å². The highest BCUT2D eigenvalue weighted by Crippen LogP contribution is 2.23. The fourth-order valence-corrected chi connectivity index (χ4v) is 2.42. The predicted octanol–water partition coefficient (Wildman–Crippen LogP) is 1.77. The van der Waals surface area contributed by atoms with E-state index in [1.54, 1.807) is 23.1 Å². The lowest BCUT2D eigenvalue weighted by molar-refractivity contribution is 0.0621. The molecule has 98 valence electrons. The molecule has 0 saturated carbocycles. The molecule has 1 aliphatic rings. The van der Waals surface area contributed by atoms with Crippen molar-refractivity contribution in [2.45, 2.75) is 12.8 Å².